The maximum Gasteiger partial charge on any atom is 0.274 e. The van der Waals surface area contributed by atoms with Crippen LogP contribution in [0.1, 0.15) is 67.9 Å². The first-order valence-electron chi connectivity index (χ1n) is 8.57. The maximum absolute atomic E-state index is 12.9. The Bertz CT molecular complexity index is 602. The molecule has 6 heteroatoms. The van der Waals surface area contributed by atoms with Gasteiger partial charge in [-0.25, -0.2) is 0 Å². The molecule has 0 spiro atoms. The van der Waals surface area contributed by atoms with Crippen molar-refractivity contribution in [1.82, 2.24) is 14.7 Å². The molecule has 0 radical (unpaired) electrons. The largest absolute Gasteiger partial charge is 0.390 e. The van der Waals surface area contributed by atoms with Gasteiger partial charge in [-0.3, -0.25) is 9.48 Å². The molecule has 3 rings (SSSR count). The van der Waals surface area contributed by atoms with Gasteiger partial charge in [0.25, 0.3) is 5.91 Å². The van der Waals surface area contributed by atoms with Crippen molar-refractivity contribution >= 4 is 5.91 Å². The standard InChI is InChI=1S/C17H27N3O3/c1-5-17(22)6-8-20(9-7-17)16(21)14-13-10-11(2)23-12(3)15(13)19(4)18-14/h11-12,22H,5-10H2,1-4H3/t11-,12+/m0/s1. The summed E-state index contributed by atoms with van der Waals surface area (Å²) in [6.07, 6.45) is 2.79. The number of likely N-dealkylation sites (tertiary alicyclic amines) is 1. The van der Waals surface area contributed by atoms with Crippen LogP contribution in [0.2, 0.25) is 0 Å². The van der Waals surface area contributed by atoms with Crippen LogP contribution in [0.3, 0.4) is 0 Å². The van der Waals surface area contributed by atoms with E-state index in [1.165, 1.54) is 0 Å². The highest BCUT2D eigenvalue weighted by atomic mass is 16.5. The molecule has 1 amide bonds. The summed E-state index contributed by atoms with van der Waals surface area (Å²) in [4.78, 5) is 14.8. The Morgan fingerprint density at radius 2 is 2.04 bits per heavy atom. The second-order valence-electron chi connectivity index (χ2n) is 7.00. The van der Waals surface area contributed by atoms with Gasteiger partial charge < -0.3 is 14.7 Å². The van der Waals surface area contributed by atoms with Gasteiger partial charge in [-0.1, -0.05) is 6.92 Å². The van der Waals surface area contributed by atoms with Crippen LogP contribution in [0, 0.1) is 0 Å². The van der Waals surface area contributed by atoms with Crippen molar-refractivity contribution in [3.05, 3.63) is 17.0 Å². The average molecular weight is 321 g/mol. The first kappa shape index (κ1) is 16.5. The van der Waals surface area contributed by atoms with Crippen LogP contribution in [0.15, 0.2) is 0 Å². The minimum atomic E-state index is -0.614. The highest BCUT2D eigenvalue weighted by molar-refractivity contribution is 5.94. The molecule has 1 aromatic rings. The lowest BCUT2D eigenvalue weighted by atomic mass is 9.88. The van der Waals surface area contributed by atoms with E-state index in [-0.39, 0.29) is 18.1 Å². The maximum atomic E-state index is 12.9. The number of rotatable bonds is 2. The third kappa shape index (κ3) is 2.90. The summed E-state index contributed by atoms with van der Waals surface area (Å²) >= 11 is 0. The lowest BCUT2D eigenvalue weighted by Crippen LogP contribution is -2.46. The van der Waals surface area contributed by atoms with E-state index in [2.05, 4.69) is 5.10 Å². The normalized spacial score (nSPS) is 26.9. The Labute approximate surface area is 137 Å². The topological polar surface area (TPSA) is 67.6 Å². The first-order valence-corrected chi connectivity index (χ1v) is 8.57. The molecule has 1 saturated heterocycles. The lowest BCUT2D eigenvalue weighted by Gasteiger charge is -2.37. The van der Waals surface area contributed by atoms with Gasteiger partial charge in [0, 0.05) is 32.1 Å². The Kier molecular flexibility index (Phi) is 4.23. The van der Waals surface area contributed by atoms with Crippen molar-refractivity contribution in [3.63, 3.8) is 0 Å². The number of aryl methyl sites for hydroxylation is 1. The van der Waals surface area contributed by atoms with Crippen LogP contribution in [0.4, 0.5) is 0 Å². The first-order chi connectivity index (χ1) is 10.8. The van der Waals surface area contributed by atoms with E-state index in [1.807, 2.05) is 32.7 Å². The van der Waals surface area contributed by atoms with Gasteiger partial charge in [-0.05, 0) is 33.1 Å². The summed E-state index contributed by atoms with van der Waals surface area (Å²) in [5.74, 6) is -0.0127. The van der Waals surface area contributed by atoms with E-state index in [4.69, 9.17) is 4.74 Å². The number of ether oxygens (including phenoxy) is 1. The van der Waals surface area contributed by atoms with E-state index >= 15 is 0 Å². The van der Waals surface area contributed by atoms with Crippen LogP contribution < -0.4 is 0 Å². The van der Waals surface area contributed by atoms with Crippen LogP contribution >= 0.6 is 0 Å². The highest BCUT2D eigenvalue weighted by Gasteiger charge is 2.36. The number of nitrogens with zero attached hydrogens (tertiary/aromatic N) is 3. The predicted octanol–water partition coefficient (Wildman–Crippen LogP) is 1.82. The van der Waals surface area contributed by atoms with Crippen molar-refractivity contribution in [2.45, 2.75) is 64.3 Å². The summed E-state index contributed by atoms with van der Waals surface area (Å²) in [6.45, 7) is 7.22. The van der Waals surface area contributed by atoms with Crippen molar-refractivity contribution < 1.29 is 14.6 Å². The summed E-state index contributed by atoms with van der Waals surface area (Å²) in [7, 11) is 1.87. The quantitative estimate of drug-likeness (QED) is 0.902. The van der Waals surface area contributed by atoms with Gasteiger partial charge in [-0.15, -0.1) is 0 Å². The summed E-state index contributed by atoms with van der Waals surface area (Å²) in [5.41, 5.74) is 1.98. The van der Waals surface area contributed by atoms with Crippen molar-refractivity contribution in [1.29, 1.82) is 0 Å². The number of piperidine rings is 1. The average Bonchev–Trinajstić information content (AvgIpc) is 2.84. The van der Waals surface area contributed by atoms with E-state index < -0.39 is 5.60 Å². The number of amides is 1. The Hall–Kier alpha value is -1.40. The van der Waals surface area contributed by atoms with Crippen LogP contribution in [0.5, 0.6) is 0 Å². The van der Waals surface area contributed by atoms with Crippen molar-refractivity contribution in [3.8, 4) is 0 Å². The molecule has 23 heavy (non-hydrogen) atoms. The van der Waals surface area contributed by atoms with Crippen LogP contribution in [-0.2, 0) is 18.2 Å². The van der Waals surface area contributed by atoms with Gasteiger partial charge in [0.05, 0.1) is 23.5 Å². The summed E-state index contributed by atoms with van der Waals surface area (Å²) in [6, 6.07) is 0. The predicted molar refractivity (Wildman–Crippen MR) is 86.3 cm³/mol. The zero-order chi connectivity index (χ0) is 16.8. The molecule has 2 aliphatic rings. The fourth-order valence-corrected chi connectivity index (χ4v) is 3.84. The summed E-state index contributed by atoms with van der Waals surface area (Å²) in [5, 5.41) is 14.8. The number of hydrogen-bond donors (Lipinski definition) is 1. The van der Waals surface area contributed by atoms with E-state index in [0.29, 0.717) is 31.6 Å². The van der Waals surface area contributed by atoms with Crippen LogP contribution in [0.25, 0.3) is 0 Å². The number of aliphatic hydroxyl groups is 1. The molecule has 0 bridgehead atoms. The molecule has 3 heterocycles. The van der Waals surface area contributed by atoms with Gasteiger partial charge in [-0.2, -0.15) is 5.10 Å². The SMILES string of the molecule is CCC1(O)CCN(C(=O)c2nn(C)c3c2C[C@H](C)O[C@@H]3C)CC1. The molecule has 2 aliphatic heterocycles. The molecule has 0 aliphatic carbocycles. The number of carbonyl (C=O) groups excluding carboxylic acids is 1. The monoisotopic (exact) mass is 321 g/mol. The second kappa shape index (κ2) is 5.91. The molecule has 1 N–H and O–H groups in total. The smallest absolute Gasteiger partial charge is 0.274 e. The second-order valence-corrected chi connectivity index (χ2v) is 7.00. The third-order valence-corrected chi connectivity index (χ3v) is 5.35. The van der Waals surface area contributed by atoms with E-state index in [0.717, 1.165) is 24.1 Å². The Morgan fingerprint density at radius 1 is 1.39 bits per heavy atom. The van der Waals surface area contributed by atoms with E-state index in [9.17, 15) is 9.90 Å². The minimum Gasteiger partial charge on any atom is -0.390 e. The highest BCUT2D eigenvalue weighted by Crippen LogP contribution is 2.33. The van der Waals surface area contributed by atoms with E-state index in [1.54, 1.807) is 4.68 Å². The third-order valence-electron chi connectivity index (χ3n) is 5.35. The fraction of sp³-hybridized carbons (Fsp3) is 0.765. The van der Waals surface area contributed by atoms with Crippen LogP contribution in [-0.4, -0.2) is 50.5 Å². The Balaban J connectivity index is 1.83. The van der Waals surface area contributed by atoms with Gasteiger partial charge in [0.15, 0.2) is 5.69 Å². The molecular weight excluding hydrogens is 294 g/mol. The summed E-state index contributed by atoms with van der Waals surface area (Å²) < 4.78 is 7.64. The molecule has 0 saturated carbocycles. The molecule has 6 nitrogen and oxygen atoms in total. The molecule has 0 aromatic carbocycles. The zero-order valence-electron chi connectivity index (χ0n) is 14.5. The Morgan fingerprint density at radius 3 is 2.65 bits per heavy atom. The molecule has 128 valence electrons. The van der Waals surface area contributed by atoms with Gasteiger partial charge in [0.2, 0.25) is 0 Å². The molecule has 2 atom stereocenters. The van der Waals surface area contributed by atoms with Gasteiger partial charge in [0.1, 0.15) is 0 Å². The van der Waals surface area contributed by atoms with Crippen molar-refractivity contribution in [2.24, 2.45) is 7.05 Å². The van der Waals surface area contributed by atoms with Crippen molar-refractivity contribution in [2.75, 3.05) is 13.1 Å². The number of hydrogen-bond acceptors (Lipinski definition) is 4. The lowest BCUT2D eigenvalue weighted by molar-refractivity contribution is -0.0196. The number of carbonyl (C=O) groups is 1. The number of fused-ring (bicyclic) bond motifs is 1. The van der Waals surface area contributed by atoms with Gasteiger partial charge >= 0.3 is 0 Å². The fourth-order valence-electron chi connectivity index (χ4n) is 3.84. The number of aromatic nitrogens is 2. The molecule has 1 fully saturated rings. The molecular formula is C17H27N3O3. The molecule has 0 unspecified atom stereocenters. The minimum absolute atomic E-state index is 0.0127. The molecule has 1 aromatic heterocycles. The zero-order valence-corrected chi connectivity index (χ0v) is 14.5.